The van der Waals surface area contributed by atoms with Gasteiger partial charge in [0.2, 0.25) is 6.41 Å². The summed E-state index contributed by atoms with van der Waals surface area (Å²) in [5.74, 6) is 0. The van der Waals surface area contributed by atoms with E-state index in [9.17, 15) is 4.79 Å². The van der Waals surface area contributed by atoms with Crippen molar-refractivity contribution in [2.75, 3.05) is 26.2 Å². The Kier molecular flexibility index (Phi) is 6.31. The van der Waals surface area contributed by atoms with E-state index >= 15 is 0 Å². The molecule has 0 aromatic rings. The lowest BCUT2D eigenvalue weighted by atomic mass is 10.4. The van der Waals surface area contributed by atoms with Crippen molar-refractivity contribution in [3.63, 3.8) is 0 Å². The zero-order chi connectivity index (χ0) is 8.53. The first-order valence-electron chi connectivity index (χ1n) is 3.33. The summed E-state index contributed by atoms with van der Waals surface area (Å²) in [6.45, 7) is 3.37. The van der Waals surface area contributed by atoms with E-state index in [0.29, 0.717) is 0 Å². The average Bonchev–Trinajstić information content (AvgIpc) is 2.08. The zero-order valence-corrected chi connectivity index (χ0v) is 6.19. The molecule has 5 nitrogen and oxygen atoms in total. The van der Waals surface area contributed by atoms with Crippen LogP contribution in [0.3, 0.4) is 0 Å². The van der Waals surface area contributed by atoms with E-state index in [4.69, 9.17) is 9.90 Å². The Labute approximate surface area is 65.0 Å². The SMILES string of the molecule is O=CN1CCNCC1.O=CO. The van der Waals surface area contributed by atoms with Crippen molar-refractivity contribution in [3.8, 4) is 0 Å². The molecule has 11 heavy (non-hydrogen) atoms. The molecule has 0 aliphatic carbocycles. The minimum atomic E-state index is -0.250. The lowest BCUT2D eigenvalue weighted by Crippen LogP contribution is -2.42. The third kappa shape index (κ3) is 5.35. The number of piperazine rings is 1. The molecule has 0 radical (unpaired) electrons. The Hall–Kier alpha value is -1.10. The molecular formula is C6H12N2O3. The van der Waals surface area contributed by atoms with Crippen LogP contribution in [0.15, 0.2) is 0 Å². The van der Waals surface area contributed by atoms with Crippen LogP contribution in [0.2, 0.25) is 0 Å². The maximum absolute atomic E-state index is 10.1. The number of amides is 1. The Bertz CT molecular complexity index is 112. The summed E-state index contributed by atoms with van der Waals surface area (Å²) in [6, 6.07) is 0. The maximum Gasteiger partial charge on any atom is 0.290 e. The Morgan fingerprint density at radius 1 is 1.27 bits per heavy atom. The number of hydrogen-bond acceptors (Lipinski definition) is 3. The van der Waals surface area contributed by atoms with Crippen LogP contribution in [0.25, 0.3) is 0 Å². The van der Waals surface area contributed by atoms with Gasteiger partial charge in [-0.2, -0.15) is 0 Å². The first-order chi connectivity index (χ1) is 5.35. The van der Waals surface area contributed by atoms with Gasteiger partial charge in [-0.3, -0.25) is 9.59 Å². The Morgan fingerprint density at radius 2 is 1.73 bits per heavy atom. The first kappa shape index (κ1) is 9.90. The highest BCUT2D eigenvalue weighted by Crippen LogP contribution is 1.84. The minimum Gasteiger partial charge on any atom is -0.483 e. The molecule has 1 heterocycles. The summed E-state index contributed by atoms with van der Waals surface area (Å²) in [6.07, 6.45) is 0.904. The van der Waals surface area contributed by atoms with Gasteiger partial charge < -0.3 is 15.3 Å². The summed E-state index contributed by atoms with van der Waals surface area (Å²) in [5.41, 5.74) is 0. The van der Waals surface area contributed by atoms with E-state index in [1.807, 2.05) is 0 Å². The van der Waals surface area contributed by atoms with Crippen LogP contribution >= 0.6 is 0 Å². The maximum atomic E-state index is 10.1. The van der Waals surface area contributed by atoms with Crippen LogP contribution in [0.1, 0.15) is 0 Å². The molecule has 0 unspecified atom stereocenters. The van der Waals surface area contributed by atoms with Gasteiger partial charge in [-0.1, -0.05) is 0 Å². The number of nitrogens with zero attached hydrogens (tertiary/aromatic N) is 1. The van der Waals surface area contributed by atoms with Gasteiger partial charge in [0.05, 0.1) is 0 Å². The molecule has 1 fully saturated rings. The molecule has 1 saturated heterocycles. The predicted molar refractivity (Wildman–Crippen MR) is 39.2 cm³/mol. The molecule has 0 spiro atoms. The third-order valence-electron chi connectivity index (χ3n) is 1.30. The lowest BCUT2D eigenvalue weighted by Gasteiger charge is -2.22. The summed E-state index contributed by atoms with van der Waals surface area (Å²) in [5, 5.41) is 10.0. The fourth-order valence-corrected chi connectivity index (χ4v) is 0.788. The second-order valence-corrected chi connectivity index (χ2v) is 2.00. The van der Waals surface area contributed by atoms with Crippen molar-refractivity contribution in [1.29, 1.82) is 0 Å². The lowest BCUT2D eigenvalue weighted by molar-refractivity contribution is -0.123. The van der Waals surface area contributed by atoms with E-state index in [2.05, 4.69) is 5.32 Å². The third-order valence-corrected chi connectivity index (χ3v) is 1.30. The van der Waals surface area contributed by atoms with Crippen molar-refractivity contribution in [3.05, 3.63) is 0 Å². The van der Waals surface area contributed by atoms with Crippen LogP contribution in [0.4, 0.5) is 0 Å². The molecule has 5 heteroatoms. The molecule has 64 valence electrons. The predicted octanol–water partition coefficient (Wildman–Crippen LogP) is -1.25. The van der Waals surface area contributed by atoms with Gasteiger partial charge >= 0.3 is 0 Å². The van der Waals surface area contributed by atoms with Crippen LogP contribution in [0, 0.1) is 0 Å². The fourth-order valence-electron chi connectivity index (χ4n) is 0.788. The number of nitrogens with one attached hydrogen (secondary N) is 1. The largest absolute Gasteiger partial charge is 0.483 e. The Morgan fingerprint density at radius 3 is 2.00 bits per heavy atom. The van der Waals surface area contributed by atoms with Gasteiger partial charge in [0.15, 0.2) is 0 Å². The van der Waals surface area contributed by atoms with Crippen molar-refractivity contribution >= 4 is 12.9 Å². The van der Waals surface area contributed by atoms with Crippen LogP contribution in [-0.4, -0.2) is 49.1 Å². The molecule has 0 bridgehead atoms. The standard InChI is InChI=1S/C5H10N2O.CH2O2/c8-5-7-3-1-6-2-4-7;2-1-3/h5-6H,1-4H2;1H,(H,2,3). The van der Waals surface area contributed by atoms with Gasteiger partial charge in [-0.05, 0) is 0 Å². The van der Waals surface area contributed by atoms with Crippen LogP contribution < -0.4 is 5.32 Å². The van der Waals surface area contributed by atoms with Gasteiger partial charge in [0.1, 0.15) is 0 Å². The summed E-state index contributed by atoms with van der Waals surface area (Å²) in [7, 11) is 0. The molecular weight excluding hydrogens is 148 g/mol. The van der Waals surface area contributed by atoms with Gasteiger partial charge in [0.25, 0.3) is 6.47 Å². The molecule has 1 amide bonds. The highest BCUT2D eigenvalue weighted by Gasteiger charge is 2.04. The molecule has 1 rings (SSSR count). The number of carbonyl (C=O) groups excluding carboxylic acids is 1. The van der Waals surface area contributed by atoms with E-state index in [1.165, 1.54) is 0 Å². The molecule has 0 saturated carbocycles. The summed E-state index contributed by atoms with van der Waals surface area (Å²) in [4.78, 5) is 20.2. The minimum absolute atomic E-state index is 0.250. The highest BCUT2D eigenvalue weighted by molar-refractivity contribution is 5.47. The average molecular weight is 160 g/mol. The van der Waals surface area contributed by atoms with Gasteiger partial charge in [-0.15, -0.1) is 0 Å². The second kappa shape index (κ2) is 7.01. The highest BCUT2D eigenvalue weighted by atomic mass is 16.3. The number of carbonyl (C=O) groups is 2. The topological polar surface area (TPSA) is 69.6 Å². The van der Waals surface area contributed by atoms with Crippen molar-refractivity contribution in [2.45, 2.75) is 0 Å². The summed E-state index contributed by atoms with van der Waals surface area (Å²) < 4.78 is 0. The van der Waals surface area contributed by atoms with Crippen LogP contribution in [0.5, 0.6) is 0 Å². The Balaban J connectivity index is 0.000000292. The zero-order valence-electron chi connectivity index (χ0n) is 6.19. The van der Waals surface area contributed by atoms with Crippen molar-refractivity contribution in [2.24, 2.45) is 0 Å². The number of carboxylic acid groups (broad SMARTS) is 1. The van der Waals surface area contributed by atoms with E-state index < -0.39 is 0 Å². The second-order valence-electron chi connectivity index (χ2n) is 2.00. The molecule has 0 atom stereocenters. The van der Waals surface area contributed by atoms with E-state index in [0.717, 1.165) is 32.6 Å². The molecule has 0 aromatic carbocycles. The van der Waals surface area contributed by atoms with Crippen molar-refractivity contribution < 1.29 is 14.7 Å². The van der Waals surface area contributed by atoms with Gasteiger partial charge in [0, 0.05) is 26.2 Å². The number of rotatable bonds is 1. The van der Waals surface area contributed by atoms with E-state index in [1.54, 1.807) is 4.90 Å². The van der Waals surface area contributed by atoms with Gasteiger partial charge in [-0.25, -0.2) is 0 Å². The fraction of sp³-hybridized carbons (Fsp3) is 0.667. The summed E-state index contributed by atoms with van der Waals surface area (Å²) >= 11 is 0. The molecule has 2 N–H and O–H groups in total. The molecule has 1 aliphatic heterocycles. The first-order valence-corrected chi connectivity index (χ1v) is 3.33. The van der Waals surface area contributed by atoms with Crippen LogP contribution in [-0.2, 0) is 9.59 Å². The monoisotopic (exact) mass is 160 g/mol. The van der Waals surface area contributed by atoms with Crippen molar-refractivity contribution in [1.82, 2.24) is 10.2 Å². The smallest absolute Gasteiger partial charge is 0.290 e. The molecule has 0 aromatic heterocycles. The quantitative estimate of drug-likeness (QED) is 0.470. The normalized spacial score (nSPS) is 16.2. The van der Waals surface area contributed by atoms with E-state index in [-0.39, 0.29) is 6.47 Å². The molecule has 1 aliphatic rings. The number of hydrogen-bond donors (Lipinski definition) is 2.